The molecule has 1 heterocycles. The van der Waals surface area contributed by atoms with Gasteiger partial charge < -0.3 is 5.32 Å². The van der Waals surface area contributed by atoms with Crippen molar-refractivity contribution in [1.29, 1.82) is 0 Å². The highest BCUT2D eigenvalue weighted by Gasteiger charge is 2.23. The molecule has 0 saturated heterocycles. The molecule has 2 aromatic carbocycles. The Morgan fingerprint density at radius 2 is 2.00 bits per heavy atom. The average molecular weight is 322 g/mol. The molecule has 1 N–H and O–H groups in total. The van der Waals surface area contributed by atoms with Gasteiger partial charge in [0.1, 0.15) is 5.82 Å². The minimum absolute atomic E-state index is 0.0579. The third kappa shape index (κ3) is 3.22. The molecular formula is C16H13ClFNOS. The zero-order chi connectivity index (χ0) is 14.8. The van der Waals surface area contributed by atoms with E-state index in [-0.39, 0.29) is 17.8 Å². The second-order valence-electron chi connectivity index (χ2n) is 4.85. The molecule has 0 radical (unpaired) electrons. The maximum atomic E-state index is 12.9. The summed E-state index contributed by atoms with van der Waals surface area (Å²) in [7, 11) is 0. The van der Waals surface area contributed by atoms with Gasteiger partial charge >= 0.3 is 0 Å². The third-order valence-electron chi connectivity index (χ3n) is 3.42. The van der Waals surface area contributed by atoms with E-state index in [4.69, 9.17) is 11.6 Å². The largest absolute Gasteiger partial charge is 0.345 e. The highest BCUT2D eigenvalue weighted by Crippen LogP contribution is 2.37. The standard InChI is InChI=1S/C16H13ClFNOS/c17-11-3-6-15-13(9-11)14(7-8-21-15)19-16(20)10-1-4-12(18)5-2-10/h1-6,9,14H,7-8H2,(H,19,20)/t14-/m1/s1. The van der Waals surface area contributed by atoms with Gasteiger partial charge in [0.25, 0.3) is 5.91 Å². The van der Waals surface area contributed by atoms with E-state index in [9.17, 15) is 9.18 Å². The molecule has 0 aromatic heterocycles. The Labute approximate surface area is 131 Å². The van der Waals surface area contributed by atoms with Crippen molar-refractivity contribution in [3.05, 3.63) is 64.4 Å². The average Bonchev–Trinajstić information content (AvgIpc) is 2.48. The number of fused-ring (bicyclic) bond motifs is 1. The summed E-state index contributed by atoms with van der Waals surface area (Å²) in [5, 5.41) is 3.67. The first-order chi connectivity index (χ1) is 10.1. The molecule has 21 heavy (non-hydrogen) atoms. The lowest BCUT2D eigenvalue weighted by molar-refractivity contribution is 0.0935. The van der Waals surface area contributed by atoms with Crippen LogP contribution >= 0.6 is 23.4 Å². The lowest BCUT2D eigenvalue weighted by atomic mass is 10.0. The van der Waals surface area contributed by atoms with Crippen LogP contribution in [-0.4, -0.2) is 11.7 Å². The van der Waals surface area contributed by atoms with Crippen molar-refractivity contribution in [2.45, 2.75) is 17.4 Å². The first-order valence-corrected chi connectivity index (χ1v) is 7.98. The number of carbonyl (C=O) groups is 1. The number of hydrogen-bond donors (Lipinski definition) is 1. The van der Waals surface area contributed by atoms with Gasteiger partial charge in [-0.05, 0) is 54.4 Å². The Kier molecular flexibility index (Phi) is 4.17. The quantitative estimate of drug-likeness (QED) is 0.885. The zero-order valence-electron chi connectivity index (χ0n) is 11.1. The van der Waals surface area contributed by atoms with Crippen LogP contribution in [0.2, 0.25) is 5.02 Å². The molecule has 0 unspecified atom stereocenters. The van der Waals surface area contributed by atoms with Gasteiger partial charge in [-0.2, -0.15) is 0 Å². The molecule has 2 aromatic rings. The predicted octanol–water partition coefficient (Wildman–Crippen LogP) is 4.45. The molecule has 1 atom stereocenters. The fourth-order valence-corrected chi connectivity index (χ4v) is 3.64. The number of carbonyl (C=O) groups excluding carboxylic acids is 1. The van der Waals surface area contributed by atoms with E-state index in [0.29, 0.717) is 10.6 Å². The summed E-state index contributed by atoms with van der Waals surface area (Å²) in [6.07, 6.45) is 0.852. The lowest BCUT2D eigenvalue weighted by Crippen LogP contribution is -2.30. The van der Waals surface area contributed by atoms with Crippen LogP contribution in [0.25, 0.3) is 0 Å². The molecule has 0 aliphatic carbocycles. The van der Waals surface area contributed by atoms with Gasteiger partial charge in [-0.25, -0.2) is 4.39 Å². The summed E-state index contributed by atoms with van der Waals surface area (Å²) in [6, 6.07) is 11.2. The molecule has 0 spiro atoms. The van der Waals surface area contributed by atoms with Crippen LogP contribution in [0.1, 0.15) is 28.4 Å². The summed E-state index contributed by atoms with van der Waals surface area (Å²) in [6.45, 7) is 0. The summed E-state index contributed by atoms with van der Waals surface area (Å²) < 4.78 is 12.9. The van der Waals surface area contributed by atoms with Crippen LogP contribution in [0, 0.1) is 5.82 Å². The minimum Gasteiger partial charge on any atom is -0.345 e. The van der Waals surface area contributed by atoms with Gasteiger partial charge in [0, 0.05) is 21.2 Å². The smallest absolute Gasteiger partial charge is 0.251 e. The molecule has 1 aliphatic rings. The third-order valence-corrected chi connectivity index (χ3v) is 4.78. The molecule has 1 amide bonds. The second-order valence-corrected chi connectivity index (χ2v) is 6.43. The van der Waals surface area contributed by atoms with Crippen molar-refractivity contribution >= 4 is 29.3 Å². The van der Waals surface area contributed by atoms with Crippen molar-refractivity contribution < 1.29 is 9.18 Å². The van der Waals surface area contributed by atoms with Gasteiger partial charge in [-0.15, -0.1) is 11.8 Å². The van der Waals surface area contributed by atoms with Crippen molar-refractivity contribution in [2.75, 3.05) is 5.75 Å². The van der Waals surface area contributed by atoms with Crippen molar-refractivity contribution in [1.82, 2.24) is 5.32 Å². The van der Waals surface area contributed by atoms with Gasteiger partial charge in [-0.3, -0.25) is 4.79 Å². The van der Waals surface area contributed by atoms with Crippen LogP contribution in [0.3, 0.4) is 0 Å². The fourth-order valence-electron chi connectivity index (χ4n) is 2.36. The molecular weight excluding hydrogens is 309 g/mol. The Bertz CT molecular complexity index is 674. The number of benzene rings is 2. The number of hydrogen-bond acceptors (Lipinski definition) is 2. The van der Waals surface area contributed by atoms with Gasteiger partial charge in [0.15, 0.2) is 0 Å². The molecule has 0 fully saturated rings. The molecule has 0 saturated carbocycles. The molecule has 0 bridgehead atoms. The number of amides is 1. The van der Waals surface area contributed by atoms with Crippen molar-refractivity contribution in [3.8, 4) is 0 Å². The fraction of sp³-hybridized carbons (Fsp3) is 0.188. The monoisotopic (exact) mass is 321 g/mol. The van der Waals surface area contributed by atoms with Crippen LogP contribution in [-0.2, 0) is 0 Å². The topological polar surface area (TPSA) is 29.1 Å². The predicted molar refractivity (Wildman–Crippen MR) is 83.4 cm³/mol. The molecule has 2 nitrogen and oxygen atoms in total. The number of halogens is 2. The van der Waals surface area contributed by atoms with Gasteiger partial charge in [0.2, 0.25) is 0 Å². The van der Waals surface area contributed by atoms with E-state index in [1.807, 2.05) is 18.2 Å². The second kappa shape index (κ2) is 6.08. The van der Waals surface area contributed by atoms with Crippen molar-refractivity contribution in [2.24, 2.45) is 0 Å². The van der Waals surface area contributed by atoms with Crippen LogP contribution in [0.5, 0.6) is 0 Å². The maximum Gasteiger partial charge on any atom is 0.251 e. The summed E-state index contributed by atoms with van der Waals surface area (Å²) in [4.78, 5) is 13.4. The number of rotatable bonds is 2. The van der Waals surface area contributed by atoms with Crippen LogP contribution < -0.4 is 5.32 Å². The summed E-state index contributed by atoms with van der Waals surface area (Å²) in [5.41, 5.74) is 1.51. The molecule has 1 aliphatic heterocycles. The van der Waals surface area contributed by atoms with E-state index in [0.717, 1.165) is 22.6 Å². The Hall–Kier alpha value is -1.52. The van der Waals surface area contributed by atoms with E-state index in [2.05, 4.69) is 5.32 Å². The van der Waals surface area contributed by atoms with E-state index in [1.165, 1.54) is 24.3 Å². The first-order valence-electron chi connectivity index (χ1n) is 6.62. The van der Waals surface area contributed by atoms with Crippen molar-refractivity contribution in [3.63, 3.8) is 0 Å². The van der Waals surface area contributed by atoms with Gasteiger partial charge in [-0.1, -0.05) is 11.6 Å². The summed E-state index contributed by atoms with van der Waals surface area (Å²) in [5.74, 6) is 0.402. The van der Waals surface area contributed by atoms with E-state index >= 15 is 0 Å². The SMILES string of the molecule is O=C(N[C@@H]1CCSc2ccc(Cl)cc21)c1ccc(F)cc1. The normalized spacial score (nSPS) is 17.1. The Morgan fingerprint density at radius 3 is 2.76 bits per heavy atom. The lowest BCUT2D eigenvalue weighted by Gasteiger charge is -2.26. The van der Waals surface area contributed by atoms with Crippen LogP contribution in [0.15, 0.2) is 47.4 Å². The minimum atomic E-state index is -0.349. The number of nitrogens with one attached hydrogen (secondary N) is 1. The van der Waals surface area contributed by atoms with Gasteiger partial charge in [0.05, 0.1) is 6.04 Å². The maximum absolute atomic E-state index is 12.9. The Morgan fingerprint density at radius 1 is 1.24 bits per heavy atom. The zero-order valence-corrected chi connectivity index (χ0v) is 12.7. The summed E-state index contributed by atoms with van der Waals surface area (Å²) >= 11 is 7.82. The highest BCUT2D eigenvalue weighted by atomic mass is 35.5. The first kappa shape index (κ1) is 14.4. The van der Waals surface area contributed by atoms with E-state index in [1.54, 1.807) is 11.8 Å². The Balaban J connectivity index is 1.81. The van der Waals surface area contributed by atoms with Crippen LogP contribution in [0.4, 0.5) is 4.39 Å². The highest BCUT2D eigenvalue weighted by molar-refractivity contribution is 7.99. The number of thioether (sulfide) groups is 1. The molecule has 5 heteroatoms. The molecule has 3 rings (SSSR count). The molecule has 108 valence electrons. The van der Waals surface area contributed by atoms with E-state index < -0.39 is 0 Å².